The number of nitrogens with one attached hydrogen (secondary N) is 1. The van der Waals surface area contributed by atoms with Crippen LogP contribution in [0.3, 0.4) is 0 Å². The van der Waals surface area contributed by atoms with Crippen molar-refractivity contribution in [2.45, 2.75) is 0 Å². The van der Waals surface area contributed by atoms with Gasteiger partial charge in [-0.15, -0.1) is 0 Å². The molecule has 16 heavy (non-hydrogen) atoms. The Labute approximate surface area is 102 Å². The van der Waals surface area contributed by atoms with Crippen molar-refractivity contribution in [2.75, 3.05) is 0 Å². The second-order valence-electron chi connectivity index (χ2n) is 3.06. The van der Waals surface area contributed by atoms with Gasteiger partial charge in [0.2, 0.25) is 0 Å². The standard InChI is InChI=1S/C9H4BrClN2O3/c10-4-1-2-6-5(3-4)7(11)8(13(15)16)9(14)12-6/h1-3H,(H,12,14). The van der Waals surface area contributed by atoms with Gasteiger partial charge in [-0.25, -0.2) is 0 Å². The van der Waals surface area contributed by atoms with Crippen molar-refractivity contribution in [3.8, 4) is 0 Å². The summed E-state index contributed by atoms with van der Waals surface area (Å²) in [5.41, 5.74) is -0.971. The van der Waals surface area contributed by atoms with E-state index in [4.69, 9.17) is 11.6 Å². The molecule has 1 heterocycles. The molecule has 1 N–H and O–H groups in total. The van der Waals surface area contributed by atoms with E-state index in [1.54, 1.807) is 18.2 Å². The van der Waals surface area contributed by atoms with Gasteiger partial charge in [0.15, 0.2) is 0 Å². The van der Waals surface area contributed by atoms with Gasteiger partial charge >= 0.3 is 11.2 Å². The number of fused-ring (bicyclic) bond motifs is 1. The molecule has 82 valence electrons. The van der Waals surface area contributed by atoms with Crippen LogP contribution in [-0.4, -0.2) is 9.91 Å². The van der Waals surface area contributed by atoms with Crippen LogP contribution in [0.4, 0.5) is 5.69 Å². The first-order valence-electron chi connectivity index (χ1n) is 4.16. The minimum atomic E-state index is -0.801. The molecule has 0 aliphatic carbocycles. The average Bonchev–Trinajstić information content (AvgIpc) is 2.19. The minimum absolute atomic E-state index is 0.148. The third-order valence-corrected chi connectivity index (χ3v) is 2.95. The SMILES string of the molecule is O=c1[nH]c2ccc(Br)cc2c(Cl)c1[N+](=O)[O-]. The number of pyridine rings is 1. The molecule has 0 aliphatic rings. The summed E-state index contributed by atoms with van der Waals surface area (Å²) in [5, 5.41) is 10.9. The Hall–Kier alpha value is -1.40. The van der Waals surface area contributed by atoms with Crippen LogP contribution in [0.15, 0.2) is 27.5 Å². The molecule has 2 aromatic rings. The Morgan fingerprint density at radius 1 is 1.44 bits per heavy atom. The van der Waals surface area contributed by atoms with Crippen molar-refractivity contribution >= 4 is 44.1 Å². The molecule has 2 rings (SSSR count). The van der Waals surface area contributed by atoms with E-state index in [9.17, 15) is 14.9 Å². The Kier molecular flexibility index (Phi) is 2.69. The van der Waals surface area contributed by atoms with Crippen molar-refractivity contribution in [1.82, 2.24) is 4.98 Å². The second-order valence-corrected chi connectivity index (χ2v) is 4.36. The highest BCUT2D eigenvalue weighted by molar-refractivity contribution is 9.10. The molecule has 0 radical (unpaired) electrons. The zero-order valence-electron chi connectivity index (χ0n) is 7.66. The van der Waals surface area contributed by atoms with Crippen LogP contribution < -0.4 is 5.56 Å². The summed E-state index contributed by atoms with van der Waals surface area (Å²) in [5.74, 6) is 0. The molecule has 0 saturated heterocycles. The Balaban J connectivity index is 2.96. The largest absolute Gasteiger partial charge is 0.352 e. The van der Waals surface area contributed by atoms with Crippen molar-refractivity contribution < 1.29 is 4.92 Å². The van der Waals surface area contributed by atoms with Crippen LogP contribution >= 0.6 is 27.5 Å². The van der Waals surface area contributed by atoms with E-state index in [0.717, 1.165) is 4.47 Å². The van der Waals surface area contributed by atoms with Gasteiger partial charge in [0.05, 0.1) is 10.4 Å². The molecule has 0 fully saturated rings. The molecule has 0 amide bonds. The molecule has 0 bridgehead atoms. The number of benzene rings is 1. The predicted molar refractivity (Wildman–Crippen MR) is 63.9 cm³/mol. The highest BCUT2D eigenvalue weighted by Crippen LogP contribution is 2.29. The molecule has 0 saturated carbocycles. The number of nitrogens with zero attached hydrogens (tertiary/aromatic N) is 1. The lowest BCUT2D eigenvalue weighted by molar-refractivity contribution is -0.386. The first-order valence-corrected chi connectivity index (χ1v) is 5.33. The summed E-state index contributed by atoms with van der Waals surface area (Å²) in [6.45, 7) is 0. The number of halogens is 2. The molecule has 0 aliphatic heterocycles. The number of nitro groups is 1. The topological polar surface area (TPSA) is 76.0 Å². The van der Waals surface area contributed by atoms with Gasteiger partial charge in [-0.05, 0) is 18.2 Å². The smallest absolute Gasteiger partial charge is 0.316 e. The van der Waals surface area contributed by atoms with E-state index in [1.165, 1.54) is 0 Å². The van der Waals surface area contributed by atoms with Crippen molar-refractivity contribution in [3.05, 3.63) is 48.2 Å². The van der Waals surface area contributed by atoms with Crippen molar-refractivity contribution in [2.24, 2.45) is 0 Å². The number of hydrogen-bond acceptors (Lipinski definition) is 3. The van der Waals surface area contributed by atoms with Crippen LogP contribution in [0.5, 0.6) is 0 Å². The van der Waals surface area contributed by atoms with E-state index in [2.05, 4.69) is 20.9 Å². The number of aromatic amines is 1. The van der Waals surface area contributed by atoms with E-state index in [-0.39, 0.29) is 5.02 Å². The lowest BCUT2D eigenvalue weighted by Crippen LogP contribution is -2.12. The highest BCUT2D eigenvalue weighted by Gasteiger charge is 2.20. The number of rotatable bonds is 1. The van der Waals surface area contributed by atoms with E-state index >= 15 is 0 Å². The molecule has 0 atom stereocenters. The Morgan fingerprint density at radius 2 is 2.12 bits per heavy atom. The maximum atomic E-state index is 11.4. The van der Waals surface area contributed by atoms with Crippen molar-refractivity contribution in [3.63, 3.8) is 0 Å². The van der Waals surface area contributed by atoms with Gasteiger partial charge in [-0.1, -0.05) is 27.5 Å². The Morgan fingerprint density at radius 3 is 2.75 bits per heavy atom. The fourth-order valence-electron chi connectivity index (χ4n) is 1.38. The fourth-order valence-corrected chi connectivity index (χ4v) is 2.05. The summed E-state index contributed by atoms with van der Waals surface area (Å²) in [6.07, 6.45) is 0. The quantitative estimate of drug-likeness (QED) is 0.650. The van der Waals surface area contributed by atoms with E-state index < -0.39 is 16.2 Å². The zero-order valence-corrected chi connectivity index (χ0v) is 10.0. The molecular formula is C9H4BrClN2O3. The predicted octanol–water partition coefficient (Wildman–Crippen LogP) is 2.85. The molecular weight excluding hydrogens is 299 g/mol. The number of hydrogen-bond donors (Lipinski definition) is 1. The van der Waals surface area contributed by atoms with Gasteiger partial charge in [-0.3, -0.25) is 14.9 Å². The highest BCUT2D eigenvalue weighted by atomic mass is 79.9. The lowest BCUT2D eigenvalue weighted by atomic mass is 10.2. The zero-order chi connectivity index (χ0) is 11.9. The first kappa shape index (κ1) is 11.1. The van der Waals surface area contributed by atoms with Gasteiger partial charge < -0.3 is 4.98 Å². The van der Waals surface area contributed by atoms with Gasteiger partial charge in [0.25, 0.3) is 0 Å². The normalized spacial score (nSPS) is 10.6. The summed E-state index contributed by atoms with van der Waals surface area (Å²) in [6, 6.07) is 4.94. The molecule has 1 aromatic heterocycles. The number of H-pyrrole nitrogens is 1. The Bertz CT molecular complexity index is 653. The molecule has 0 spiro atoms. The molecule has 0 unspecified atom stereocenters. The van der Waals surface area contributed by atoms with Gasteiger partial charge in [-0.2, -0.15) is 0 Å². The third-order valence-electron chi connectivity index (χ3n) is 2.07. The minimum Gasteiger partial charge on any atom is -0.316 e. The summed E-state index contributed by atoms with van der Waals surface area (Å²) in [4.78, 5) is 23.7. The summed E-state index contributed by atoms with van der Waals surface area (Å²) >= 11 is 9.06. The van der Waals surface area contributed by atoms with Crippen LogP contribution in [0.25, 0.3) is 10.9 Å². The number of aromatic nitrogens is 1. The maximum Gasteiger partial charge on any atom is 0.352 e. The first-order chi connectivity index (χ1) is 7.50. The third kappa shape index (κ3) is 1.70. The fraction of sp³-hybridized carbons (Fsp3) is 0. The van der Waals surface area contributed by atoms with Gasteiger partial charge in [0, 0.05) is 9.86 Å². The van der Waals surface area contributed by atoms with Crippen LogP contribution in [0.2, 0.25) is 5.02 Å². The average molecular weight is 303 g/mol. The van der Waals surface area contributed by atoms with Crippen LogP contribution in [0, 0.1) is 10.1 Å². The van der Waals surface area contributed by atoms with E-state index in [1.807, 2.05) is 0 Å². The second kappa shape index (κ2) is 3.88. The molecule has 5 nitrogen and oxygen atoms in total. The van der Waals surface area contributed by atoms with Crippen LogP contribution in [-0.2, 0) is 0 Å². The van der Waals surface area contributed by atoms with E-state index in [0.29, 0.717) is 10.9 Å². The monoisotopic (exact) mass is 302 g/mol. The lowest BCUT2D eigenvalue weighted by Gasteiger charge is -2.01. The van der Waals surface area contributed by atoms with Crippen molar-refractivity contribution in [1.29, 1.82) is 0 Å². The summed E-state index contributed by atoms with van der Waals surface area (Å²) in [7, 11) is 0. The molecule has 1 aromatic carbocycles. The van der Waals surface area contributed by atoms with Crippen LogP contribution in [0.1, 0.15) is 0 Å². The summed E-state index contributed by atoms with van der Waals surface area (Å²) < 4.78 is 0.725. The molecule has 7 heteroatoms. The maximum absolute atomic E-state index is 11.4. The van der Waals surface area contributed by atoms with Gasteiger partial charge in [0.1, 0.15) is 5.02 Å².